The molecule has 35 heavy (non-hydrogen) atoms. The number of likely N-dealkylation sites (N-methyl/N-ethyl adjacent to an activating group) is 1. The zero-order valence-electron chi connectivity index (χ0n) is 20.0. The highest BCUT2D eigenvalue weighted by molar-refractivity contribution is 7.14. The first-order valence-electron chi connectivity index (χ1n) is 12.3. The van der Waals surface area contributed by atoms with Crippen molar-refractivity contribution in [1.29, 1.82) is 0 Å². The van der Waals surface area contributed by atoms with Crippen molar-refractivity contribution in [3.05, 3.63) is 51.0 Å². The first-order valence-corrected chi connectivity index (χ1v) is 13.1. The molecule has 4 bridgehead atoms. The van der Waals surface area contributed by atoms with Gasteiger partial charge in [0.25, 0.3) is 11.1 Å². The van der Waals surface area contributed by atoms with Gasteiger partial charge in [-0.1, -0.05) is 23.7 Å². The van der Waals surface area contributed by atoms with E-state index in [1.54, 1.807) is 0 Å². The fourth-order valence-electron chi connectivity index (χ4n) is 5.07. The average molecular weight is 492 g/mol. The van der Waals surface area contributed by atoms with Crippen LogP contribution in [0.3, 0.4) is 0 Å². The van der Waals surface area contributed by atoms with Crippen LogP contribution in [-0.4, -0.2) is 58.7 Å². The number of aromatic amines is 1. The zero-order chi connectivity index (χ0) is 24.1. The maximum absolute atomic E-state index is 13.3. The maximum atomic E-state index is 13.3. The highest BCUT2D eigenvalue weighted by atomic mass is 32.1. The third-order valence-corrected chi connectivity index (χ3v) is 8.52. The van der Waals surface area contributed by atoms with Gasteiger partial charge < -0.3 is 19.5 Å². The summed E-state index contributed by atoms with van der Waals surface area (Å²) in [6.45, 7) is 6.47. The summed E-state index contributed by atoms with van der Waals surface area (Å²) < 4.78 is 8.92. The molecule has 2 aliphatic heterocycles. The maximum Gasteiger partial charge on any atom is 0.275 e. The molecule has 8 nitrogen and oxygen atoms in total. The van der Waals surface area contributed by atoms with Crippen LogP contribution in [0.25, 0.3) is 32.4 Å². The zero-order valence-corrected chi connectivity index (χ0v) is 20.9. The summed E-state index contributed by atoms with van der Waals surface area (Å²) in [5.41, 5.74) is 3.09. The molecule has 2 aromatic heterocycles. The third-order valence-electron chi connectivity index (χ3n) is 7.18. The topological polar surface area (TPSA) is 83.5 Å². The predicted molar refractivity (Wildman–Crippen MR) is 141 cm³/mol. The van der Waals surface area contributed by atoms with E-state index in [2.05, 4.69) is 34.8 Å². The van der Waals surface area contributed by atoms with E-state index in [0.29, 0.717) is 40.0 Å². The molecule has 1 saturated heterocycles. The number of aromatic nitrogens is 3. The van der Waals surface area contributed by atoms with Crippen molar-refractivity contribution >= 4 is 38.3 Å². The van der Waals surface area contributed by atoms with Crippen LogP contribution < -0.4 is 20.8 Å². The van der Waals surface area contributed by atoms with Crippen molar-refractivity contribution in [2.24, 2.45) is 0 Å². The van der Waals surface area contributed by atoms with Crippen LogP contribution in [0, 0.1) is 0 Å². The number of rotatable bonds is 1. The minimum absolute atomic E-state index is 0.000182. The van der Waals surface area contributed by atoms with Crippen LogP contribution in [0.1, 0.15) is 32.2 Å². The summed E-state index contributed by atoms with van der Waals surface area (Å²) in [6, 6.07) is 9.70. The molecule has 0 radical (unpaired) electrons. The van der Waals surface area contributed by atoms with Gasteiger partial charge in [-0.2, -0.15) is 0 Å². The molecule has 0 aliphatic carbocycles. The number of H-pyrrole nitrogens is 1. The number of anilines is 1. The van der Waals surface area contributed by atoms with E-state index >= 15 is 0 Å². The second kappa shape index (κ2) is 8.80. The first-order chi connectivity index (χ1) is 17.0. The Balaban J connectivity index is 1.56. The number of hydrogen-bond acceptors (Lipinski definition) is 7. The highest BCUT2D eigenvalue weighted by Gasteiger charge is 2.22. The number of hydrogen-bond donors (Lipinski definition) is 1. The fourth-order valence-corrected chi connectivity index (χ4v) is 6.25. The Morgan fingerprint density at radius 2 is 1.94 bits per heavy atom. The number of nitrogens with one attached hydrogen (secondary N) is 1. The summed E-state index contributed by atoms with van der Waals surface area (Å²) in [7, 11) is 2.14. The summed E-state index contributed by atoms with van der Waals surface area (Å²) in [4.78, 5) is 39.0. The Labute approximate surface area is 206 Å². The van der Waals surface area contributed by atoms with E-state index in [1.807, 2.05) is 28.2 Å². The molecule has 1 atom stereocenters. The van der Waals surface area contributed by atoms with Crippen LogP contribution in [0.15, 0.2) is 39.9 Å². The van der Waals surface area contributed by atoms with Crippen molar-refractivity contribution in [3.8, 4) is 17.0 Å². The summed E-state index contributed by atoms with van der Waals surface area (Å²) in [5.74, 6) is 0.692. The van der Waals surface area contributed by atoms with Gasteiger partial charge in [-0.25, -0.2) is 4.98 Å². The molecule has 0 amide bonds. The highest BCUT2D eigenvalue weighted by Crippen LogP contribution is 2.34. The molecule has 1 fully saturated rings. The molecule has 0 saturated carbocycles. The van der Waals surface area contributed by atoms with E-state index < -0.39 is 0 Å². The summed E-state index contributed by atoms with van der Waals surface area (Å²) >= 11 is 1.43. The van der Waals surface area contributed by atoms with Gasteiger partial charge in [0.1, 0.15) is 17.0 Å². The fraction of sp³-hybridized carbons (Fsp3) is 0.423. The number of fused-ring (bicyclic) bond motifs is 3. The lowest BCUT2D eigenvalue weighted by Gasteiger charge is -2.34. The van der Waals surface area contributed by atoms with E-state index in [0.717, 1.165) is 55.8 Å². The summed E-state index contributed by atoms with van der Waals surface area (Å²) in [5, 5.41) is 0.636. The van der Waals surface area contributed by atoms with E-state index in [4.69, 9.17) is 9.72 Å². The lowest BCUT2D eigenvalue weighted by atomic mass is 10.1. The van der Waals surface area contributed by atoms with Gasteiger partial charge in [0.15, 0.2) is 0 Å². The van der Waals surface area contributed by atoms with E-state index in [-0.39, 0.29) is 17.2 Å². The second-order valence-electron chi connectivity index (χ2n) is 9.64. The molecular weight excluding hydrogens is 462 g/mol. The molecule has 1 unspecified atom stereocenters. The van der Waals surface area contributed by atoms with Crippen LogP contribution in [0.2, 0.25) is 0 Å². The molecule has 1 N–H and O–H groups in total. The molecule has 9 heteroatoms. The predicted octanol–water partition coefficient (Wildman–Crippen LogP) is 3.84. The SMILES string of the molecule is CC1CCCCOc2cc(N3CCN(C)CC3)cc3[nH]c(=O)c(nc23)-c2cccc3c(=O)n1sc23. The Bertz CT molecular complexity index is 1530. The van der Waals surface area contributed by atoms with Gasteiger partial charge in [-0.15, -0.1) is 0 Å². The standard InChI is InChI=1S/C26H29N5O3S/c1-16-6-3-4-13-34-21-15-17(30-11-9-29(2)10-12-30)14-20-23(21)28-22(25(32)27-20)18-7-5-8-19-24(18)35-31(16)26(19)33/h5,7-8,14-16H,3-4,6,9-13H2,1-2H3,(H,27,32). The van der Waals surface area contributed by atoms with Crippen molar-refractivity contribution in [2.45, 2.75) is 32.2 Å². The Kier molecular flexibility index (Phi) is 5.61. The van der Waals surface area contributed by atoms with Crippen LogP contribution in [0.5, 0.6) is 5.75 Å². The monoisotopic (exact) mass is 491 g/mol. The normalized spacial score (nSPS) is 19.4. The number of benzene rings is 2. The van der Waals surface area contributed by atoms with E-state index in [1.165, 1.54) is 11.5 Å². The third kappa shape index (κ3) is 3.92. The number of ether oxygens (including phenoxy) is 1. The lowest BCUT2D eigenvalue weighted by Crippen LogP contribution is -2.44. The lowest BCUT2D eigenvalue weighted by molar-refractivity contribution is 0.302. The molecule has 0 spiro atoms. The van der Waals surface area contributed by atoms with E-state index in [9.17, 15) is 9.59 Å². The molecule has 4 heterocycles. The van der Waals surface area contributed by atoms with Crippen LogP contribution in [0.4, 0.5) is 5.69 Å². The van der Waals surface area contributed by atoms with Crippen LogP contribution >= 0.6 is 11.5 Å². The van der Waals surface area contributed by atoms with Crippen molar-refractivity contribution < 1.29 is 4.74 Å². The Morgan fingerprint density at radius 1 is 1.11 bits per heavy atom. The van der Waals surface area contributed by atoms with Gasteiger partial charge in [0, 0.05) is 49.5 Å². The van der Waals surface area contributed by atoms with Crippen molar-refractivity contribution in [2.75, 3.05) is 44.7 Å². The van der Waals surface area contributed by atoms with Crippen molar-refractivity contribution in [3.63, 3.8) is 0 Å². The number of piperazine rings is 1. The number of nitrogens with zero attached hydrogens (tertiary/aromatic N) is 4. The van der Waals surface area contributed by atoms with Gasteiger partial charge in [0.05, 0.1) is 22.2 Å². The minimum atomic E-state index is -0.265. The van der Waals surface area contributed by atoms with Crippen molar-refractivity contribution in [1.82, 2.24) is 18.8 Å². The van der Waals surface area contributed by atoms with Gasteiger partial charge in [-0.3, -0.25) is 13.5 Å². The quantitative estimate of drug-likeness (QED) is 0.436. The molecular formula is C26H29N5O3S. The Hall–Kier alpha value is -3.17. The smallest absolute Gasteiger partial charge is 0.275 e. The molecule has 4 aromatic rings. The van der Waals surface area contributed by atoms with Gasteiger partial charge in [-0.05, 0) is 45.4 Å². The molecule has 182 valence electrons. The molecule has 6 rings (SSSR count). The minimum Gasteiger partial charge on any atom is -0.491 e. The largest absolute Gasteiger partial charge is 0.491 e. The average Bonchev–Trinajstić information content (AvgIpc) is 3.20. The Morgan fingerprint density at radius 3 is 2.77 bits per heavy atom. The summed E-state index contributed by atoms with van der Waals surface area (Å²) in [6.07, 6.45) is 2.73. The molecule has 2 aliphatic rings. The van der Waals surface area contributed by atoms with Gasteiger partial charge in [0.2, 0.25) is 0 Å². The first kappa shape index (κ1) is 22.3. The second-order valence-corrected chi connectivity index (χ2v) is 10.6. The van der Waals surface area contributed by atoms with Crippen LogP contribution in [-0.2, 0) is 0 Å². The molecule has 2 aromatic carbocycles. The van der Waals surface area contributed by atoms with Gasteiger partial charge >= 0.3 is 0 Å².